The highest BCUT2D eigenvalue weighted by molar-refractivity contribution is 7.13. The Morgan fingerprint density at radius 2 is 2.05 bits per heavy atom. The lowest BCUT2D eigenvalue weighted by molar-refractivity contribution is 0.302. The Morgan fingerprint density at radius 1 is 1.21 bits per heavy atom. The number of nitrogens with zero attached hydrogens (tertiary/aromatic N) is 1. The molecule has 0 spiro atoms. The molecule has 5 heteroatoms. The van der Waals surface area contributed by atoms with E-state index in [1.165, 1.54) is 0 Å². The monoisotopic (exact) mass is 272 g/mol. The SMILES string of the molecule is Nc1ccc(OCc2csc(-c3ccco3)n2)cc1. The number of anilines is 1. The summed E-state index contributed by atoms with van der Waals surface area (Å²) >= 11 is 1.54. The third-order valence-electron chi connectivity index (χ3n) is 2.55. The largest absolute Gasteiger partial charge is 0.487 e. The van der Waals surface area contributed by atoms with E-state index in [-0.39, 0.29) is 0 Å². The smallest absolute Gasteiger partial charge is 0.162 e. The van der Waals surface area contributed by atoms with Crippen LogP contribution in [-0.4, -0.2) is 4.98 Å². The zero-order chi connectivity index (χ0) is 13.1. The minimum atomic E-state index is 0.432. The Labute approximate surface area is 114 Å². The van der Waals surface area contributed by atoms with Crippen molar-refractivity contribution in [3.05, 3.63) is 53.7 Å². The number of ether oxygens (including phenoxy) is 1. The van der Waals surface area contributed by atoms with Gasteiger partial charge in [0.1, 0.15) is 12.4 Å². The van der Waals surface area contributed by atoms with Crippen LogP contribution in [0.1, 0.15) is 5.69 Å². The predicted molar refractivity (Wildman–Crippen MR) is 75.0 cm³/mol. The average molecular weight is 272 g/mol. The highest BCUT2D eigenvalue weighted by atomic mass is 32.1. The summed E-state index contributed by atoms with van der Waals surface area (Å²) in [6, 6.07) is 11.0. The molecule has 3 aromatic rings. The van der Waals surface area contributed by atoms with Gasteiger partial charge in [-0.3, -0.25) is 0 Å². The third-order valence-corrected chi connectivity index (χ3v) is 3.46. The molecule has 19 heavy (non-hydrogen) atoms. The van der Waals surface area contributed by atoms with Crippen molar-refractivity contribution < 1.29 is 9.15 Å². The molecular formula is C14H12N2O2S. The summed E-state index contributed by atoms with van der Waals surface area (Å²) in [4.78, 5) is 4.46. The average Bonchev–Trinajstić information content (AvgIpc) is 3.09. The van der Waals surface area contributed by atoms with Gasteiger partial charge in [0.2, 0.25) is 0 Å². The van der Waals surface area contributed by atoms with E-state index in [1.54, 1.807) is 17.6 Å². The minimum absolute atomic E-state index is 0.432. The fraction of sp³-hybridized carbons (Fsp3) is 0.0714. The van der Waals surface area contributed by atoms with Crippen molar-refractivity contribution in [1.29, 1.82) is 0 Å². The minimum Gasteiger partial charge on any atom is -0.487 e. The number of thiazole rings is 1. The van der Waals surface area contributed by atoms with Crippen LogP contribution in [-0.2, 0) is 6.61 Å². The maximum absolute atomic E-state index is 5.64. The molecule has 0 atom stereocenters. The van der Waals surface area contributed by atoms with Gasteiger partial charge in [0.05, 0.1) is 12.0 Å². The lowest BCUT2D eigenvalue weighted by atomic mass is 10.3. The number of hydrogen-bond donors (Lipinski definition) is 1. The Balaban J connectivity index is 1.66. The summed E-state index contributed by atoms with van der Waals surface area (Å²) in [5.41, 5.74) is 7.22. The quantitative estimate of drug-likeness (QED) is 0.738. The first-order valence-electron chi connectivity index (χ1n) is 5.78. The Morgan fingerprint density at radius 3 is 2.79 bits per heavy atom. The molecule has 0 saturated heterocycles. The molecule has 4 nitrogen and oxygen atoms in total. The molecule has 0 radical (unpaired) electrons. The van der Waals surface area contributed by atoms with Crippen molar-refractivity contribution in [2.24, 2.45) is 0 Å². The molecule has 2 aromatic heterocycles. The first kappa shape index (κ1) is 11.8. The fourth-order valence-electron chi connectivity index (χ4n) is 1.61. The second-order valence-electron chi connectivity index (χ2n) is 3.98. The summed E-state index contributed by atoms with van der Waals surface area (Å²) in [6.07, 6.45) is 1.64. The number of hydrogen-bond acceptors (Lipinski definition) is 5. The Bertz CT molecular complexity index is 644. The van der Waals surface area contributed by atoms with Gasteiger partial charge in [-0.1, -0.05) is 0 Å². The van der Waals surface area contributed by atoms with E-state index in [1.807, 2.05) is 41.8 Å². The van der Waals surface area contributed by atoms with Gasteiger partial charge in [-0.05, 0) is 36.4 Å². The molecule has 2 heterocycles. The van der Waals surface area contributed by atoms with E-state index >= 15 is 0 Å². The number of rotatable bonds is 4. The van der Waals surface area contributed by atoms with E-state index in [9.17, 15) is 0 Å². The van der Waals surface area contributed by atoms with E-state index in [2.05, 4.69) is 4.98 Å². The number of aromatic nitrogens is 1. The van der Waals surface area contributed by atoms with Crippen LogP contribution in [0, 0.1) is 0 Å². The van der Waals surface area contributed by atoms with Crippen LogP contribution < -0.4 is 10.5 Å². The molecule has 1 aromatic carbocycles. The van der Waals surface area contributed by atoms with Crippen LogP contribution in [0.5, 0.6) is 5.75 Å². The number of nitrogen functional groups attached to an aromatic ring is 1. The Hall–Kier alpha value is -2.27. The molecule has 0 aliphatic heterocycles. The maximum Gasteiger partial charge on any atom is 0.162 e. The molecule has 3 rings (SSSR count). The van der Waals surface area contributed by atoms with Crippen molar-refractivity contribution in [3.63, 3.8) is 0 Å². The van der Waals surface area contributed by atoms with Crippen molar-refractivity contribution in [1.82, 2.24) is 4.98 Å². The number of benzene rings is 1. The molecule has 2 N–H and O–H groups in total. The summed E-state index contributed by atoms with van der Waals surface area (Å²) in [5.74, 6) is 1.56. The second kappa shape index (κ2) is 5.16. The van der Waals surface area contributed by atoms with Crippen LogP contribution in [0.4, 0.5) is 5.69 Å². The maximum atomic E-state index is 5.64. The zero-order valence-corrected chi connectivity index (χ0v) is 10.9. The predicted octanol–water partition coefficient (Wildman–Crippen LogP) is 3.56. The van der Waals surface area contributed by atoms with Gasteiger partial charge in [0.25, 0.3) is 0 Å². The molecule has 0 aliphatic carbocycles. The standard InChI is InChI=1S/C14H12N2O2S/c15-10-3-5-12(6-4-10)18-8-11-9-19-14(16-11)13-2-1-7-17-13/h1-7,9H,8,15H2. The Kier molecular flexibility index (Phi) is 3.20. The lowest BCUT2D eigenvalue weighted by Gasteiger charge is -2.03. The summed E-state index contributed by atoms with van der Waals surface area (Å²) in [6.45, 7) is 0.432. The molecule has 0 unspecified atom stereocenters. The topological polar surface area (TPSA) is 61.3 Å². The van der Waals surface area contributed by atoms with Crippen molar-refractivity contribution in [3.8, 4) is 16.5 Å². The van der Waals surface area contributed by atoms with Gasteiger partial charge < -0.3 is 14.9 Å². The van der Waals surface area contributed by atoms with E-state index in [4.69, 9.17) is 14.9 Å². The second-order valence-corrected chi connectivity index (χ2v) is 4.84. The third kappa shape index (κ3) is 2.77. The number of furan rings is 1. The van der Waals surface area contributed by atoms with Crippen LogP contribution in [0.2, 0.25) is 0 Å². The summed E-state index contributed by atoms with van der Waals surface area (Å²) in [7, 11) is 0. The van der Waals surface area contributed by atoms with Gasteiger partial charge in [-0.2, -0.15) is 0 Å². The van der Waals surface area contributed by atoms with Crippen molar-refractivity contribution in [2.45, 2.75) is 6.61 Å². The number of nitrogens with two attached hydrogens (primary N) is 1. The fourth-order valence-corrected chi connectivity index (χ4v) is 2.38. The molecule has 0 bridgehead atoms. The van der Waals surface area contributed by atoms with Gasteiger partial charge >= 0.3 is 0 Å². The van der Waals surface area contributed by atoms with Crippen molar-refractivity contribution in [2.75, 3.05) is 5.73 Å². The first-order chi connectivity index (χ1) is 9.31. The normalized spacial score (nSPS) is 10.5. The van der Waals surface area contributed by atoms with Gasteiger partial charge in [-0.25, -0.2) is 4.98 Å². The molecule has 0 fully saturated rings. The first-order valence-corrected chi connectivity index (χ1v) is 6.66. The van der Waals surface area contributed by atoms with Crippen molar-refractivity contribution >= 4 is 17.0 Å². The van der Waals surface area contributed by atoms with E-state index in [0.717, 1.165) is 27.9 Å². The highest BCUT2D eigenvalue weighted by Gasteiger charge is 2.07. The van der Waals surface area contributed by atoms with Crippen LogP contribution in [0.25, 0.3) is 10.8 Å². The van der Waals surface area contributed by atoms with E-state index < -0.39 is 0 Å². The van der Waals surface area contributed by atoms with Gasteiger partial charge in [0, 0.05) is 11.1 Å². The molecule has 96 valence electrons. The van der Waals surface area contributed by atoms with Gasteiger partial charge in [-0.15, -0.1) is 11.3 Å². The molecule has 0 saturated carbocycles. The molecule has 0 aliphatic rings. The molecular weight excluding hydrogens is 260 g/mol. The van der Waals surface area contributed by atoms with Gasteiger partial charge in [0.15, 0.2) is 10.8 Å². The van der Waals surface area contributed by atoms with Crippen LogP contribution >= 0.6 is 11.3 Å². The molecule has 0 amide bonds. The van der Waals surface area contributed by atoms with Crippen LogP contribution in [0.3, 0.4) is 0 Å². The summed E-state index contributed by atoms with van der Waals surface area (Å²) in [5, 5.41) is 2.83. The van der Waals surface area contributed by atoms with E-state index in [0.29, 0.717) is 6.61 Å². The zero-order valence-electron chi connectivity index (χ0n) is 10.1. The summed E-state index contributed by atoms with van der Waals surface area (Å²) < 4.78 is 10.9. The lowest BCUT2D eigenvalue weighted by Crippen LogP contribution is -1.95. The van der Waals surface area contributed by atoms with Crippen LogP contribution in [0.15, 0.2) is 52.5 Å². The highest BCUT2D eigenvalue weighted by Crippen LogP contribution is 2.24.